The van der Waals surface area contributed by atoms with Crippen molar-refractivity contribution >= 4 is 0 Å². The van der Waals surface area contributed by atoms with Gasteiger partial charge in [-0.1, -0.05) is 11.8 Å². The van der Waals surface area contributed by atoms with Crippen molar-refractivity contribution in [3.05, 3.63) is 0 Å². The van der Waals surface area contributed by atoms with Crippen LogP contribution in [-0.4, -0.2) is 22.4 Å². The Morgan fingerprint density at radius 2 is 1.90 bits per heavy atom. The van der Waals surface area contributed by atoms with Gasteiger partial charge in [0.2, 0.25) is 0 Å². The van der Waals surface area contributed by atoms with Gasteiger partial charge in [0, 0.05) is 0 Å². The Labute approximate surface area is 60.9 Å². The molecule has 0 aromatic heterocycles. The van der Waals surface area contributed by atoms with E-state index in [9.17, 15) is 5.11 Å². The zero-order valence-electron chi connectivity index (χ0n) is 5.93. The molecule has 0 amide bonds. The van der Waals surface area contributed by atoms with Crippen LogP contribution in [-0.2, 0) is 0 Å². The summed E-state index contributed by atoms with van der Waals surface area (Å²) in [6.45, 7) is -0.150. The van der Waals surface area contributed by atoms with Crippen LogP contribution in [0.1, 0.15) is 25.7 Å². The second-order valence-corrected chi connectivity index (χ2v) is 2.70. The van der Waals surface area contributed by atoms with Crippen LogP contribution in [0.15, 0.2) is 0 Å². The van der Waals surface area contributed by atoms with Gasteiger partial charge in [0.25, 0.3) is 0 Å². The van der Waals surface area contributed by atoms with E-state index in [1.807, 2.05) is 0 Å². The van der Waals surface area contributed by atoms with E-state index in [2.05, 4.69) is 11.8 Å². The highest BCUT2D eigenvalue weighted by molar-refractivity contribution is 5.15. The van der Waals surface area contributed by atoms with E-state index in [0.717, 1.165) is 25.7 Å². The van der Waals surface area contributed by atoms with E-state index in [0.29, 0.717) is 0 Å². The average molecular weight is 140 g/mol. The molecule has 1 saturated carbocycles. The van der Waals surface area contributed by atoms with E-state index in [4.69, 9.17) is 5.11 Å². The van der Waals surface area contributed by atoms with E-state index in [1.54, 1.807) is 0 Å². The van der Waals surface area contributed by atoms with Crippen LogP contribution >= 0.6 is 0 Å². The summed E-state index contributed by atoms with van der Waals surface area (Å²) in [5, 5.41) is 17.9. The second kappa shape index (κ2) is 3.05. The number of aliphatic hydroxyl groups excluding tert-OH is 1. The molecule has 10 heavy (non-hydrogen) atoms. The van der Waals surface area contributed by atoms with Gasteiger partial charge < -0.3 is 10.2 Å². The van der Waals surface area contributed by atoms with Gasteiger partial charge in [-0.25, -0.2) is 0 Å². The van der Waals surface area contributed by atoms with Gasteiger partial charge in [-0.05, 0) is 25.7 Å². The molecule has 56 valence electrons. The van der Waals surface area contributed by atoms with Crippen molar-refractivity contribution in [2.24, 2.45) is 0 Å². The van der Waals surface area contributed by atoms with Gasteiger partial charge in [-0.15, -0.1) is 0 Å². The Bertz CT molecular complexity index is 158. The molecule has 1 rings (SSSR count). The number of hydrogen-bond acceptors (Lipinski definition) is 2. The molecule has 1 fully saturated rings. The third-order valence-electron chi connectivity index (χ3n) is 1.83. The maximum atomic E-state index is 9.54. The molecule has 0 saturated heterocycles. The number of aliphatic hydroxyl groups is 2. The molecule has 0 heterocycles. The summed E-state index contributed by atoms with van der Waals surface area (Å²) in [6, 6.07) is 0. The molecular formula is C8H12O2. The molecule has 0 unspecified atom stereocenters. The standard InChI is InChI=1S/C8H12O2/c9-7-3-6-8(10)4-1-2-5-8/h9-10H,1-2,4-5,7H2. The summed E-state index contributed by atoms with van der Waals surface area (Å²) in [7, 11) is 0. The molecule has 1 aliphatic rings. The van der Waals surface area contributed by atoms with Crippen LogP contribution in [0.5, 0.6) is 0 Å². The number of hydrogen-bond donors (Lipinski definition) is 2. The first-order valence-electron chi connectivity index (χ1n) is 3.60. The summed E-state index contributed by atoms with van der Waals surface area (Å²) in [5.74, 6) is 5.15. The molecule has 0 bridgehead atoms. The van der Waals surface area contributed by atoms with Crippen LogP contribution < -0.4 is 0 Å². The maximum Gasteiger partial charge on any atom is 0.125 e. The van der Waals surface area contributed by atoms with Gasteiger partial charge in [-0.2, -0.15) is 0 Å². The van der Waals surface area contributed by atoms with Gasteiger partial charge >= 0.3 is 0 Å². The lowest BCUT2D eigenvalue weighted by Crippen LogP contribution is -2.20. The highest BCUT2D eigenvalue weighted by atomic mass is 16.3. The Morgan fingerprint density at radius 1 is 1.30 bits per heavy atom. The molecule has 2 N–H and O–H groups in total. The molecule has 0 aromatic carbocycles. The minimum atomic E-state index is -0.775. The van der Waals surface area contributed by atoms with Crippen molar-refractivity contribution in [2.75, 3.05) is 6.61 Å². The van der Waals surface area contributed by atoms with Gasteiger partial charge in [0.15, 0.2) is 0 Å². The fourth-order valence-corrected chi connectivity index (χ4v) is 1.29. The second-order valence-electron chi connectivity index (χ2n) is 2.70. The smallest absolute Gasteiger partial charge is 0.125 e. The van der Waals surface area contributed by atoms with E-state index >= 15 is 0 Å². The van der Waals surface area contributed by atoms with Crippen molar-refractivity contribution in [1.82, 2.24) is 0 Å². The van der Waals surface area contributed by atoms with Crippen molar-refractivity contribution in [1.29, 1.82) is 0 Å². The fraction of sp³-hybridized carbons (Fsp3) is 0.750. The Balaban J connectivity index is 2.51. The van der Waals surface area contributed by atoms with E-state index < -0.39 is 5.60 Å². The van der Waals surface area contributed by atoms with Crippen LogP contribution in [0, 0.1) is 11.8 Å². The third-order valence-corrected chi connectivity index (χ3v) is 1.83. The first kappa shape index (κ1) is 7.59. The molecule has 0 atom stereocenters. The molecular weight excluding hydrogens is 128 g/mol. The monoisotopic (exact) mass is 140 g/mol. The highest BCUT2D eigenvalue weighted by Crippen LogP contribution is 2.28. The zero-order chi connectivity index (χ0) is 7.45. The lowest BCUT2D eigenvalue weighted by Gasteiger charge is -2.12. The van der Waals surface area contributed by atoms with E-state index in [-0.39, 0.29) is 6.61 Å². The summed E-state index contributed by atoms with van der Waals surface area (Å²) in [4.78, 5) is 0. The normalized spacial score (nSPS) is 21.8. The van der Waals surface area contributed by atoms with Crippen molar-refractivity contribution < 1.29 is 10.2 Å². The van der Waals surface area contributed by atoms with Crippen LogP contribution in [0.2, 0.25) is 0 Å². The quantitative estimate of drug-likeness (QED) is 0.475. The molecule has 1 aliphatic carbocycles. The minimum absolute atomic E-state index is 0.150. The third kappa shape index (κ3) is 1.73. The van der Waals surface area contributed by atoms with Gasteiger partial charge in [0.1, 0.15) is 12.2 Å². The lowest BCUT2D eigenvalue weighted by atomic mass is 10.0. The SMILES string of the molecule is OCC#CC1(O)CCCC1. The highest BCUT2D eigenvalue weighted by Gasteiger charge is 2.28. The van der Waals surface area contributed by atoms with Gasteiger partial charge in [-0.3, -0.25) is 0 Å². The molecule has 2 nitrogen and oxygen atoms in total. The molecule has 0 aromatic rings. The average Bonchev–Trinajstić information content (AvgIpc) is 2.33. The molecule has 0 radical (unpaired) electrons. The minimum Gasteiger partial charge on any atom is -0.384 e. The summed E-state index contributed by atoms with van der Waals surface area (Å²) < 4.78 is 0. The van der Waals surface area contributed by atoms with Crippen molar-refractivity contribution in [2.45, 2.75) is 31.3 Å². The van der Waals surface area contributed by atoms with Gasteiger partial charge in [0.05, 0.1) is 0 Å². The van der Waals surface area contributed by atoms with Crippen LogP contribution in [0.4, 0.5) is 0 Å². The largest absolute Gasteiger partial charge is 0.384 e. The first-order valence-corrected chi connectivity index (χ1v) is 3.60. The summed E-state index contributed by atoms with van der Waals surface area (Å²) in [6.07, 6.45) is 3.63. The Morgan fingerprint density at radius 3 is 2.40 bits per heavy atom. The maximum absolute atomic E-state index is 9.54. The Hall–Kier alpha value is -0.520. The van der Waals surface area contributed by atoms with Crippen LogP contribution in [0.3, 0.4) is 0 Å². The molecule has 0 spiro atoms. The molecule has 0 aliphatic heterocycles. The Kier molecular flexibility index (Phi) is 2.31. The summed E-state index contributed by atoms with van der Waals surface area (Å²) >= 11 is 0. The lowest BCUT2D eigenvalue weighted by molar-refractivity contribution is 0.109. The topological polar surface area (TPSA) is 40.5 Å². The van der Waals surface area contributed by atoms with Crippen molar-refractivity contribution in [3.63, 3.8) is 0 Å². The molecule has 2 heteroatoms. The number of rotatable bonds is 0. The predicted molar refractivity (Wildman–Crippen MR) is 38.3 cm³/mol. The van der Waals surface area contributed by atoms with E-state index in [1.165, 1.54) is 0 Å². The first-order chi connectivity index (χ1) is 4.77. The summed E-state index contributed by atoms with van der Waals surface area (Å²) in [5.41, 5.74) is -0.775. The fourth-order valence-electron chi connectivity index (χ4n) is 1.29. The predicted octanol–water partition coefficient (Wildman–Crippen LogP) is 0.287. The van der Waals surface area contributed by atoms with Crippen LogP contribution in [0.25, 0.3) is 0 Å². The van der Waals surface area contributed by atoms with Crippen molar-refractivity contribution in [3.8, 4) is 11.8 Å². The zero-order valence-corrected chi connectivity index (χ0v) is 5.93.